The number of hydrogen-bond donors (Lipinski definition) is 0. The van der Waals surface area contributed by atoms with Crippen LogP contribution in [0.1, 0.15) is 13.8 Å². The normalized spacial score (nSPS) is 18.0. The lowest BCUT2D eigenvalue weighted by Gasteiger charge is -2.06. The summed E-state index contributed by atoms with van der Waals surface area (Å²) >= 11 is 0. The summed E-state index contributed by atoms with van der Waals surface area (Å²) in [7, 11) is 1.84. The molecular formula is C9H12BN3. The van der Waals surface area contributed by atoms with Gasteiger partial charge in [0, 0.05) is 12.4 Å². The van der Waals surface area contributed by atoms with E-state index < -0.39 is 0 Å². The molecule has 1 rings (SSSR count). The second-order valence-electron chi connectivity index (χ2n) is 3.08. The summed E-state index contributed by atoms with van der Waals surface area (Å²) in [5.41, 5.74) is 2.68. The van der Waals surface area contributed by atoms with Crippen molar-refractivity contribution in [1.82, 2.24) is 0 Å². The molecule has 0 saturated carbocycles. The van der Waals surface area contributed by atoms with E-state index in [-0.39, 0.29) is 0 Å². The zero-order valence-corrected chi connectivity index (χ0v) is 8.20. The van der Waals surface area contributed by atoms with Gasteiger partial charge in [0.25, 0.3) is 0 Å². The maximum absolute atomic E-state index is 4.20. The molecule has 4 heteroatoms. The fourth-order valence-electron chi connectivity index (χ4n) is 0.946. The number of allylic oxidation sites excluding steroid dienone is 1. The van der Waals surface area contributed by atoms with E-state index in [0.717, 1.165) is 16.9 Å². The molecule has 0 aromatic carbocycles. The van der Waals surface area contributed by atoms with Gasteiger partial charge in [-0.15, -0.1) is 0 Å². The quantitative estimate of drug-likeness (QED) is 0.529. The summed E-state index contributed by atoms with van der Waals surface area (Å²) in [6.07, 6.45) is 3.30. The molecule has 0 bridgehead atoms. The molecule has 0 spiro atoms. The molecule has 0 aliphatic carbocycles. The second-order valence-corrected chi connectivity index (χ2v) is 3.08. The summed E-state index contributed by atoms with van der Waals surface area (Å²) in [4.78, 5) is 12.5. The maximum atomic E-state index is 4.20. The minimum Gasteiger partial charge on any atom is -0.251 e. The lowest BCUT2D eigenvalue weighted by molar-refractivity contribution is 1.25. The van der Waals surface area contributed by atoms with Crippen LogP contribution in [0.25, 0.3) is 0 Å². The van der Waals surface area contributed by atoms with Crippen molar-refractivity contribution in [2.45, 2.75) is 13.8 Å². The molecule has 3 nitrogen and oxygen atoms in total. The van der Waals surface area contributed by atoms with Gasteiger partial charge >= 0.3 is 0 Å². The molecule has 0 aromatic heterocycles. The molecule has 0 radical (unpaired) electrons. The first-order chi connectivity index (χ1) is 6.11. The van der Waals surface area contributed by atoms with Crippen molar-refractivity contribution in [3.05, 3.63) is 23.4 Å². The van der Waals surface area contributed by atoms with Crippen molar-refractivity contribution in [3.63, 3.8) is 0 Å². The fraction of sp³-hybridized carbons (Fsp3) is 0.222. The molecule has 0 N–H and O–H groups in total. The van der Waals surface area contributed by atoms with Crippen LogP contribution < -0.4 is 0 Å². The van der Waals surface area contributed by atoms with Gasteiger partial charge < -0.3 is 0 Å². The number of amidine groups is 1. The first-order valence-corrected chi connectivity index (χ1v) is 4.10. The topological polar surface area (TPSA) is 37.1 Å². The summed E-state index contributed by atoms with van der Waals surface area (Å²) in [6.45, 7) is 7.68. The van der Waals surface area contributed by atoms with E-state index in [4.69, 9.17) is 0 Å². The zero-order chi connectivity index (χ0) is 9.84. The minimum absolute atomic E-state index is 0.648. The van der Waals surface area contributed by atoms with Crippen LogP contribution in [0, 0.1) is 0 Å². The lowest BCUT2D eigenvalue weighted by atomic mass is 10.1. The highest BCUT2D eigenvalue weighted by Crippen LogP contribution is 2.11. The molecule has 0 aromatic rings. The van der Waals surface area contributed by atoms with Gasteiger partial charge in [-0.1, -0.05) is 6.58 Å². The first-order valence-electron chi connectivity index (χ1n) is 4.10. The van der Waals surface area contributed by atoms with Gasteiger partial charge in [-0.05, 0) is 25.0 Å². The van der Waals surface area contributed by atoms with E-state index in [0.29, 0.717) is 5.84 Å². The van der Waals surface area contributed by atoms with Gasteiger partial charge in [-0.25, -0.2) is 9.98 Å². The Hall–Kier alpha value is -1.45. The summed E-state index contributed by atoms with van der Waals surface area (Å²) in [5.74, 6) is 0.648. The summed E-state index contributed by atoms with van der Waals surface area (Å²) in [5, 5.41) is 0. The molecule has 13 heavy (non-hydrogen) atoms. The minimum atomic E-state index is 0.648. The van der Waals surface area contributed by atoms with Crippen LogP contribution in [-0.4, -0.2) is 26.1 Å². The fourth-order valence-corrected chi connectivity index (χ4v) is 0.946. The van der Waals surface area contributed by atoms with E-state index in [2.05, 4.69) is 21.6 Å². The van der Waals surface area contributed by atoms with Gasteiger partial charge in [-0.2, -0.15) is 0 Å². The third-order valence-electron chi connectivity index (χ3n) is 1.45. The molecule has 1 heterocycles. The van der Waals surface area contributed by atoms with Crippen molar-refractivity contribution in [2.24, 2.45) is 15.0 Å². The molecule has 0 atom stereocenters. The van der Waals surface area contributed by atoms with Crippen molar-refractivity contribution < 1.29 is 0 Å². The second kappa shape index (κ2) is 3.98. The number of hydrogen-bond acceptors (Lipinski definition) is 2. The smallest absolute Gasteiger partial charge is 0.177 e. The SMILES string of the molecule is BC(=C)/N=C1/N=CC=NC1=C(C)C. The van der Waals surface area contributed by atoms with Crippen LogP contribution in [0.2, 0.25) is 0 Å². The van der Waals surface area contributed by atoms with E-state index >= 15 is 0 Å². The largest absolute Gasteiger partial charge is 0.251 e. The van der Waals surface area contributed by atoms with Crippen molar-refractivity contribution >= 4 is 26.1 Å². The maximum Gasteiger partial charge on any atom is 0.177 e. The molecule has 0 amide bonds. The average molecular weight is 173 g/mol. The predicted octanol–water partition coefficient (Wildman–Crippen LogP) is 0.938. The molecular weight excluding hydrogens is 161 g/mol. The van der Waals surface area contributed by atoms with Crippen LogP contribution in [0.5, 0.6) is 0 Å². The van der Waals surface area contributed by atoms with Crippen molar-refractivity contribution in [1.29, 1.82) is 0 Å². The summed E-state index contributed by atoms with van der Waals surface area (Å²) in [6, 6.07) is 0. The third-order valence-corrected chi connectivity index (χ3v) is 1.45. The molecule has 0 saturated heterocycles. The lowest BCUT2D eigenvalue weighted by Crippen LogP contribution is -2.06. The molecule has 1 aliphatic heterocycles. The van der Waals surface area contributed by atoms with Crippen LogP contribution in [0.3, 0.4) is 0 Å². The van der Waals surface area contributed by atoms with Crippen LogP contribution >= 0.6 is 0 Å². The van der Waals surface area contributed by atoms with Gasteiger partial charge in [0.1, 0.15) is 5.70 Å². The van der Waals surface area contributed by atoms with E-state index in [9.17, 15) is 0 Å². The van der Waals surface area contributed by atoms with Crippen LogP contribution in [0.15, 0.2) is 38.4 Å². The Bertz CT molecular complexity index is 344. The first kappa shape index (κ1) is 9.64. The molecule has 0 unspecified atom stereocenters. The Morgan fingerprint density at radius 3 is 2.54 bits per heavy atom. The predicted molar refractivity (Wildman–Crippen MR) is 60.5 cm³/mol. The Kier molecular flexibility index (Phi) is 2.95. The van der Waals surface area contributed by atoms with Crippen LogP contribution in [0.4, 0.5) is 0 Å². The van der Waals surface area contributed by atoms with E-state index in [1.165, 1.54) is 0 Å². The summed E-state index contributed by atoms with van der Waals surface area (Å²) < 4.78 is 0. The number of rotatable bonds is 1. The van der Waals surface area contributed by atoms with Crippen molar-refractivity contribution in [3.8, 4) is 0 Å². The average Bonchev–Trinajstić information content (AvgIpc) is 2.03. The molecule has 66 valence electrons. The van der Waals surface area contributed by atoms with Gasteiger partial charge in [0.2, 0.25) is 0 Å². The highest BCUT2D eigenvalue weighted by Gasteiger charge is 2.07. The van der Waals surface area contributed by atoms with Gasteiger partial charge in [-0.3, -0.25) is 4.99 Å². The molecule has 1 aliphatic rings. The Morgan fingerprint density at radius 2 is 2.00 bits per heavy atom. The number of nitrogens with zero attached hydrogens (tertiary/aromatic N) is 3. The van der Waals surface area contributed by atoms with Gasteiger partial charge in [0.15, 0.2) is 13.7 Å². The zero-order valence-electron chi connectivity index (χ0n) is 8.20. The standard InChI is InChI=1S/C9H12BN3/c1-6(2)8-9(13-7(3)10)12-5-4-11-8/h4-5H,3,10H2,1-2H3/b13-9+. The van der Waals surface area contributed by atoms with E-state index in [1.807, 2.05) is 21.7 Å². The van der Waals surface area contributed by atoms with E-state index in [1.54, 1.807) is 12.4 Å². The third kappa shape index (κ3) is 2.51. The van der Waals surface area contributed by atoms with Gasteiger partial charge in [0.05, 0.1) is 0 Å². The van der Waals surface area contributed by atoms with Crippen molar-refractivity contribution in [2.75, 3.05) is 0 Å². The highest BCUT2D eigenvalue weighted by molar-refractivity contribution is 6.26. The Balaban J connectivity index is 3.11. The molecule has 0 fully saturated rings. The monoisotopic (exact) mass is 173 g/mol. The highest BCUT2D eigenvalue weighted by atomic mass is 15.0. The Morgan fingerprint density at radius 1 is 1.38 bits per heavy atom. The Labute approximate surface area is 79.1 Å². The number of aliphatic imine (C=N–C) groups is 3. The van der Waals surface area contributed by atoms with Crippen LogP contribution in [-0.2, 0) is 0 Å².